The van der Waals surface area contributed by atoms with Gasteiger partial charge in [0.2, 0.25) is 5.78 Å². The van der Waals surface area contributed by atoms with Gasteiger partial charge in [0.25, 0.3) is 0 Å². The van der Waals surface area contributed by atoms with Crippen molar-refractivity contribution in [3.8, 4) is 0 Å². The molecule has 0 bridgehead atoms. The van der Waals surface area contributed by atoms with Crippen molar-refractivity contribution in [3.05, 3.63) is 11.6 Å². The molecule has 0 aromatic heterocycles. The Morgan fingerprint density at radius 1 is 1.04 bits per heavy atom. The van der Waals surface area contributed by atoms with Crippen LogP contribution in [0.3, 0.4) is 0 Å². The van der Waals surface area contributed by atoms with Gasteiger partial charge in [-0.05, 0) is 86.4 Å². The molecule has 0 saturated heterocycles. The van der Waals surface area contributed by atoms with E-state index in [9.17, 15) is 14.4 Å². The summed E-state index contributed by atoms with van der Waals surface area (Å²) >= 11 is 0. The lowest BCUT2D eigenvalue weighted by molar-refractivity contribution is -0.166. The Labute approximate surface area is 162 Å². The molecule has 0 radical (unpaired) electrons. The lowest BCUT2D eigenvalue weighted by Crippen LogP contribution is -2.51. The van der Waals surface area contributed by atoms with Gasteiger partial charge >= 0.3 is 11.9 Å². The number of rotatable bonds is 2. The first-order valence-corrected chi connectivity index (χ1v) is 10.7. The fraction of sp³-hybridized carbons (Fsp3) is 0.783. The highest BCUT2D eigenvalue weighted by Crippen LogP contribution is 2.66. The van der Waals surface area contributed by atoms with Crippen molar-refractivity contribution in [1.82, 2.24) is 0 Å². The topological polar surface area (TPSA) is 60.4 Å². The molecule has 0 spiro atoms. The van der Waals surface area contributed by atoms with Crippen LogP contribution < -0.4 is 0 Å². The average molecular weight is 373 g/mol. The first-order valence-electron chi connectivity index (χ1n) is 10.7. The summed E-state index contributed by atoms with van der Waals surface area (Å²) in [6.45, 7) is 5.88. The van der Waals surface area contributed by atoms with E-state index in [2.05, 4.69) is 24.7 Å². The van der Waals surface area contributed by atoms with E-state index in [1.54, 1.807) is 5.57 Å². The van der Waals surface area contributed by atoms with E-state index in [-0.39, 0.29) is 11.3 Å². The second kappa shape index (κ2) is 6.56. The molecule has 4 aliphatic carbocycles. The van der Waals surface area contributed by atoms with Crippen molar-refractivity contribution in [3.63, 3.8) is 0 Å². The van der Waals surface area contributed by atoms with Gasteiger partial charge in [-0.25, -0.2) is 4.79 Å². The predicted molar refractivity (Wildman–Crippen MR) is 102 cm³/mol. The van der Waals surface area contributed by atoms with Gasteiger partial charge in [0, 0.05) is 12.8 Å². The predicted octanol–water partition coefficient (Wildman–Crippen LogP) is 4.61. The van der Waals surface area contributed by atoms with Crippen LogP contribution >= 0.6 is 0 Å². The normalized spacial score (nSPS) is 43.0. The molecule has 0 amide bonds. The average Bonchev–Trinajstić information content (AvgIpc) is 2.97. The van der Waals surface area contributed by atoms with Gasteiger partial charge in [-0.3, -0.25) is 9.59 Å². The van der Waals surface area contributed by atoms with Gasteiger partial charge < -0.3 is 4.74 Å². The maximum Gasteiger partial charge on any atom is 0.382 e. The van der Waals surface area contributed by atoms with Crippen molar-refractivity contribution in [2.45, 2.75) is 78.6 Å². The van der Waals surface area contributed by atoms with E-state index in [0.29, 0.717) is 23.2 Å². The van der Waals surface area contributed by atoms with Gasteiger partial charge in [-0.2, -0.15) is 0 Å². The third-order valence-electron chi connectivity index (χ3n) is 8.78. The van der Waals surface area contributed by atoms with Gasteiger partial charge in [0.05, 0.1) is 0 Å². The number of Topliss-reactive ketones (excluding diaryl/α,β-unsaturated/α-hetero) is 1. The Hall–Kier alpha value is -1.45. The zero-order valence-electron chi connectivity index (χ0n) is 16.9. The summed E-state index contributed by atoms with van der Waals surface area (Å²) in [5, 5.41) is 0. The first-order chi connectivity index (χ1) is 12.8. The summed E-state index contributed by atoms with van der Waals surface area (Å²) in [5.41, 5.74) is 1.91. The molecule has 27 heavy (non-hydrogen) atoms. The Balaban J connectivity index is 1.57. The highest BCUT2D eigenvalue weighted by Gasteiger charge is 2.60. The van der Waals surface area contributed by atoms with E-state index in [1.807, 2.05) is 0 Å². The number of carbonyl (C=O) groups is 3. The monoisotopic (exact) mass is 372 g/mol. The number of esters is 2. The smallest absolute Gasteiger partial charge is 0.382 e. The molecule has 0 aromatic rings. The molecule has 0 N–H and O–H groups in total. The number of hydrogen-bond donors (Lipinski definition) is 0. The molecular weight excluding hydrogens is 340 g/mol. The molecular formula is C23H32O4. The van der Waals surface area contributed by atoms with E-state index in [4.69, 9.17) is 0 Å². The number of fused-ring (bicyclic) bond motifs is 5. The molecule has 4 nitrogen and oxygen atoms in total. The van der Waals surface area contributed by atoms with Gasteiger partial charge in [0.15, 0.2) is 0 Å². The quantitative estimate of drug-likeness (QED) is 0.307. The number of ether oxygens (including phenoxy) is 1. The second-order valence-electron chi connectivity index (χ2n) is 9.87. The lowest BCUT2D eigenvalue weighted by atomic mass is 9.47. The summed E-state index contributed by atoms with van der Waals surface area (Å²) in [7, 11) is 0. The minimum Gasteiger partial charge on any atom is -0.387 e. The van der Waals surface area contributed by atoms with Crippen molar-refractivity contribution < 1.29 is 19.1 Å². The Morgan fingerprint density at radius 2 is 1.81 bits per heavy atom. The molecule has 148 valence electrons. The standard InChI is InChI=1S/C23H32O4/c1-14(24)27-21(26)20(25)19-10-9-17-16-8-7-15-6-4-5-12-22(15,2)18(16)11-13-23(17,19)3/h6,16-19H,4-5,7-13H2,1-3H3/t16-,17-,18-,19+,22-,23-/m0/s1. The van der Waals surface area contributed by atoms with Crippen LogP contribution in [0.1, 0.15) is 78.6 Å². The fourth-order valence-electron chi connectivity index (χ4n) is 7.51. The molecule has 4 rings (SSSR count). The summed E-state index contributed by atoms with van der Waals surface area (Å²) in [5.74, 6) is -0.534. The maximum absolute atomic E-state index is 12.8. The van der Waals surface area contributed by atoms with Crippen LogP contribution in [0.25, 0.3) is 0 Å². The van der Waals surface area contributed by atoms with E-state index in [1.165, 1.54) is 39.0 Å². The van der Waals surface area contributed by atoms with Crippen molar-refractivity contribution in [1.29, 1.82) is 0 Å². The Morgan fingerprint density at radius 3 is 2.56 bits per heavy atom. The molecule has 0 aliphatic heterocycles. The molecule has 0 heterocycles. The lowest BCUT2D eigenvalue weighted by Gasteiger charge is -2.58. The highest BCUT2D eigenvalue weighted by molar-refractivity contribution is 6.36. The molecule has 0 unspecified atom stereocenters. The van der Waals surface area contributed by atoms with Crippen LogP contribution in [-0.4, -0.2) is 17.7 Å². The number of ketones is 1. The molecule has 4 heteroatoms. The molecule has 3 fully saturated rings. The van der Waals surface area contributed by atoms with E-state index < -0.39 is 17.7 Å². The minimum atomic E-state index is -0.954. The van der Waals surface area contributed by atoms with Crippen molar-refractivity contribution in [2.24, 2.45) is 34.5 Å². The SMILES string of the molecule is CC(=O)OC(=O)C(=O)[C@H]1CC[C@H]2[C@@H]3CCC4=CCCC[C@]4(C)[C@H]3CC[C@]12C. The zero-order valence-corrected chi connectivity index (χ0v) is 16.9. The van der Waals surface area contributed by atoms with Crippen LogP contribution in [0.4, 0.5) is 0 Å². The molecule has 4 aliphatic rings. The van der Waals surface area contributed by atoms with E-state index in [0.717, 1.165) is 25.7 Å². The zero-order chi connectivity index (χ0) is 19.4. The summed E-state index contributed by atoms with van der Waals surface area (Å²) in [6, 6.07) is 0. The van der Waals surface area contributed by atoms with Crippen molar-refractivity contribution in [2.75, 3.05) is 0 Å². The summed E-state index contributed by atoms with van der Waals surface area (Å²) in [4.78, 5) is 35.9. The van der Waals surface area contributed by atoms with Crippen LogP contribution in [0, 0.1) is 34.5 Å². The third-order valence-corrected chi connectivity index (χ3v) is 8.78. The second-order valence-corrected chi connectivity index (χ2v) is 9.87. The highest BCUT2D eigenvalue weighted by atomic mass is 16.6. The molecule has 6 atom stereocenters. The van der Waals surface area contributed by atoms with Crippen LogP contribution in [0.15, 0.2) is 11.6 Å². The van der Waals surface area contributed by atoms with Gasteiger partial charge in [0.1, 0.15) is 0 Å². The Kier molecular flexibility index (Phi) is 4.59. The largest absolute Gasteiger partial charge is 0.387 e. The number of allylic oxidation sites excluding steroid dienone is 2. The fourth-order valence-corrected chi connectivity index (χ4v) is 7.51. The molecule has 0 aromatic carbocycles. The van der Waals surface area contributed by atoms with Crippen LogP contribution in [0.2, 0.25) is 0 Å². The van der Waals surface area contributed by atoms with Crippen LogP contribution in [0.5, 0.6) is 0 Å². The summed E-state index contributed by atoms with van der Waals surface area (Å²) in [6.07, 6.45) is 12.7. The van der Waals surface area contributed by atoms with Crippen molar-refractivity contribution >= 4 is 17.7 Å². The first kappa shape index (κ1) is 18.9. The number of hydrogen-bond acceptors (Lipinski definition) is 4. The minimum absolute atomic E-state index is 0.125. The maximum atomic E-state index is 12.8. The summed E-state index contributed by atoms with van der Waals surface area (Å²) < 4.78 is 4.61. The Bertz CT molecular complexity index is 707. The van der Waals surface area contributed by atoms with Gasteiger partial charge in [-0.1, -0.05) is 25.5 Å². The van der Waals surface area contributed by atoms with Crippen LogP contribution in [-0.2, 0) is 19.1 Å². The number of carbonyl (C=O) groups excluding carboxylic acids is 3. The van der Waals surface area contributed by atoms with E-state index >= 15 is 0 Å². The third kappa shape index (κ3) is 2.82. The van der Waals surface area contributed by atoms with Gasteiger partial charge in [-0.15, -0.1) is 0 Å². The molecule has 3 saturated carbocycles.